The van der Waals surface area contributed by atoms with Gasteiger partial charge < -0.3 is 34.0 Å². The van der Waals surface area contributed by atoms with E-state index in [9.17, 15) is 4.79 Å². The fourth-order valence-corrected chi connectivity index (χ4v) is 2.36. The van der Waals surface area contributed by atoms with Crippen molar-refractivity contribution in [1.29, 1.82) is 0 Å². The zero-order valence-corrected chi connectivity index (χ0v) is 13.1. The molecule has 0 amide bonds. The predicted molar refractivity (Wildman–Crippen MR) is 54.0 cm³/mol. The summed E-state index contributed by atoms with van der Waals surface area (Å²) < 4.78 is 3.81. The Labute approximate surface area is 123 Å². The van der Waals surface area contributed by atoms with Crippen LogP contribution >= 0.6 is 22.7 Å². The van der Waals surface area contributed by atoms with Crippen molar-refractivity contribution in [3.63, 3.8) is 0 Å². The van der Waals surface area contributed by atoms with Crippen LogP contribution in [0.5, 0.6) is 0 Å². The maximum atomic E-state index is 11.5. The standard InChI is InChI=1S/C9H10N2OS2.2BrH/c12-9(5-10-1-3-13-7-10)6-11-2-4-14-8-11;;/h1-4,7-8H,5-6H2;2*1H/q+2;;/p-2. The van der Waals surface area contributed by atoms with E-state index >= 15 is 0 Å². The Hall–Kier alpha value is -0.110. The first-order valence-corrected chi connectivity index (χ1v) is 6.07. The molecule has 0 fully saturated rings. The molecule has 0 bridgehead atoms. The van der Waals surface area contributed by atoms with Gasteiger partial charge in [-0.1, -0.05) is 22.7 Å². The van der Waals surface area contributed by atoms with E-state index in [1.807, 2.05) is 43.3 Å². The molecule has 3 nitrogen and oxygen atoms in total. The minimum absolute atomic E-state index is 0. The number of thiazole rings is 2. The monoisotopic (exact) mass is 384 g/mol. The number of hydrogen-bond acceptors (Lipinski definition) is 3. The third-order valence-corrected chi connectivity index (χ3v) is 3.11. The molecular formula is C9H10Br2N2OS2. The molecule has 0 aliphatic carbocycles. The van der Waals surface area contributed by atoms with Gasteiger partial charge in [0.25, 0.3) is 5.78 Å². The molecule has 0 unspecified atom stereocenters. The summed E-state index contributed by atoms with van der Waals surface area (Å²) in [6, 6.07) is 0. The lowest BCUT2D eigenvalue weighted by Gasteiger charge is -1.89. The van der Waals surface area contributed by atoms with Gasteiger partial charge in [-0.3, -0.25) is 4.79 Å². The second-order valence-corrected chi connectivity index (χ2v) is 4.45. The fourth-order valence-electron chi connectivity index (χ4n) is 1.16. The first-order chi connectivity index (χ1) is 6.84. The number of aromatic nitrogens is 2. The highest BCUT2D eigenvalue weighted by Crippen LogP contribution is 1.90. The molecule has 0 aliphatic rings. The number of hydrogen-bond donors (Lipinski definition) is 0. The van der Waals surface area contributed by atoms with Gasteiger partial charge in [0.2, 0.25) is 24.1 Å². The number of nitrogens with zero attached hydrogens (tertiary/aromatic N) is 2. The summed E-state index contributed by atoms with van der Waals surface area (Å²) in [7, 11) is 0. The van der Waals surface area contributed by atoms with Crippen molar-refractivity contribution < 1.29 is 47.9 Å². The molecule has 0 N–H and O–H groups in total. The van der Waals surface area contributed by atoms with E-state index < -0.39 is 0 Å². The van der Waals surface area contributed by atoms with Crippen molar-refractivity contribution >= 4 is 28.5 Å². The van der Waals surface area contributed by atoms with Gasteiger partial charge in [0, 0.05) is 0 Å². The first-order valence-electron chi connectivity index (χ1n) is 4.19. The average molecular weight is 386 g/mol. The Morgan fingerprint density at radius 2 is 1.38 bits per heavy atom. The topological polar surface area (TPSA) is 24.8 Å². The van der Waals surface area contributed by atoms with Crippen LogP contribution in [-0.2, 0) is 17.9 Å². The highest BCUT2D eigenvalue weighted by Gasteiger charge is 2.14. The van der Waals surface area contributed by atoms with Crippen LogP contribution in [-0.4, -0.2) is 5.78 Å². The summed E-state index contributed by atoms with van der Waals surface area (Å²) >= 11 is 3.19. The van der Waals surface area contributed by atoms with Gasteiger partial charge in [0.05, 0.1) is 10.8 Å². The van der Waals surface area contributed by atoms with Crippen LogP contribution < -0.4 is 43.1 Å². The third kappa shape index (κ3) is 4.82. The number of carbonyl (C=O) groups is 1. The normalized spacial score (nSPS) is 9.00. The van der Waals surface area contributed by atoms with Crippen molar-refractivity contribution in [2.75, 3.05) is 0 Å². The lowest BCUT2D eigenvalue weighted by atomic mass is 10.4. The third-order valence-electron chi connectivity index (χ3n) is 1.77. The van der Waals surface area contributed by atoms with Crippen LogP contribution in [0.3, 0.4) is 0 Å². The first kappa shape index (κ1) is 15.9. The van der Waals surface area contributed by atoms with Crippen LogP contribution in [0.1, 0.15) is 0 Å². The van der Waals surface area contributed by atoms with Gasteiger partial charge in [-0.25, -0.2) is 0 Å². The zero-order valence-electron chi connectivity index (χ0n) is 8.25. The summed E-state index contributed by atoms with van der Waals surface area (Å²) in [6.07, 6.45) is 3.84. The highest BCUT2D eigenvalue weighted by atomic mass is 79.9. The molecule has 2 aromatic heterocycles. The van der Waals surface area contributed by atoms with E-state index in [1.54, 1.807) is 22.7 Å². The molecule has 0 radical (unpaired) electrons. The lowest BCUT2D eigenvalue weighted by molar-refractivity contribution is -0.697. The van der Waals surface area contributed by atoms with Crippen molar-refractivity contribution in [3.05, 3.63) is 34.2 Å². The summed E-state index contributed by atoms with van der Waals surface area (Å²) in [5, 5.41) is 3.93. The summed E-state index contributed by atoms with van der Waals surface area (Å²) in [4.78, 5) is 11.5. The number of carbonyl (C=O) groups excluding carboxylic acids is 1. The van der Waals surface area contributed by atoms with Crippen LogP contribution in [0.2, 0.25) is 0 Å². The molecule has 0 atom stereocenters. The smallest absolute Gasteiger partial charge is 0.261 e. The average Bonchev–Trinajstić information content (AvgIpc) is 2.76. The second kappa shape index (κ2) is 8.05. The van der Waals surface area contributed by atoms with Crippen molar-refractivity contribution in [2.45, 2.75) is 13.1 Å². The maximum Gasteiger partial charge on any atom is 0.261 e. The van der Waals surface area contributed by atoms with E-state index in [0.717, 1.165) is 0 Å². The quantitative estimate of drug-likeness (QED) is 0.482. The Bertz CT molecular complexity index is 365. The molecule has 0 saturated carbocycles. The fraction of sp³-hybridized carbons (Fsp3) is 0.222. The van der Waals surface area contributed by atoms with Gasteiger partial charge in [0.1, 0.15) is 0 Å². The van der Waals surface area contributed by atoms with Gasteiger partial charge in [-0.15, -0.1) is 0 Å². The van der Waals surface area contributed by atoms with E-state index in [0.29, 0.717) is 13.1 Å². The summed E-state index contributed by atoms with van der Waals surface area (Å²) in [5.41, 5.74) is 3.88. The molecule has 7 heteroatoms. The van der Waals surface area contributed by atoms with E-state index in [2.05, 4.69) is 0 Å². The molecule has 0 aromatic carbocycles. The van der Waals surface area contributed by atoms with E-state index in [-0.39, 0.29) is 39.7 Å². The Morgan fingerprint density at radius 3 is 1.69 bits per heavy atom. The minimum atomic E-state index is 0. The number of Topliss-reactive ketones (excluding diaryl/α,β-unsaturated/α-hetero) is 1. The van der Waals surface area contributed by atoms with Gasteiger partial charge in [-0.05, 0) is 0 Å². The minimum Gasteiger partial charge on any atom is -1.00 e. The Morgan fingerprint density at radius 1 is 0.938 bits per heavy atom. The van der Waals surface area contributed by atoms with Crippen LogP contribution in [0.25, 0.3) is 0 Å². The summed E-state index contributed by atoms with van der Waals surface area (Å²) in [6.45, 7) is 0.929. The highest BCUT2D eigenvalue weighted by molar-refractivity contribution is 7.07. The maximum absolute atomic E-state index is 11.5. The molecule has 2 aromatic rings. The molecule has 0 aliphatic heterocycles. The lowest BCUT2D eigenvalue weighted by Crippen LogP contribution is -3.00. The largest absolute Gasteiger partial charge is 1.00 e. The molecule has 2 rings (SSSR count). The summed E-state index contributed by atoms with van der Waals surface area (Å²) in [5.74, 6) is 0.219. The van der Waals surface area contributed by atoms with Crippen LogP contribution in [0.4, 0.5) is 0 Å². The van der Waals surface area contributed by atoms with E-state index in [4.69, 9.17) is 0 Å². The number of halogens is 2. The van der Waals surface area contributed by atoms with Crippen molar-refractivity contribution in [3.8, 4) is 0 Å². The second-order valence-electron chi connectivity index (χ2n) is 2.94. The molecule has 0 saturated heterocycles. The zero-order chi connectivity index (χ0) is 9.80. The van der Waals surface area contributed by atoms with Gasteiger partial charge in [-0.2, -0.15) is 9.13 Å². The SMILES string of the molecule is O=C(C[n+]1ccsc1)C[n+]1ccsc1.[Br-].[Br-]. The van der Waals surface area contributed by atoms with Crippen molar-refractivity contribution in [1.82, 2.24) is 0 Å². The molecule has 16 heavy (non-hydrogen) atoms. The number of rotatable bonds is 4. The number of ketones is 1. The Kier molecular flexibility index (Phi) is 8.00. The van der Waals surface area contributed by atoms with Crippen LogP contribution in [0, 0.1) is 0 Å². The molecule has 88 valence electrons. The molecule has 0 spiro atoms. The Balaban J connectivity index is 0.00000112. The van der Waals surface area contributed by atoms with Crippen LogP contribution in [0.15, 0.2) is 34.2 Å². The predicted octanol–water partition coefficient (Wildman–Crippen LogP) is -5.34. The van der Waals surface area contributed by atoms with E-state index in [1.165, 1.54) is 0 Å². The van der Waals surface area contributed by atoms with Crippen molar-refractivity contribution in [2.24, 2.45) is 0 Å². The molecule has 2 heterocycles. The molecular weight excluding hydrogens is 376 g/mol. The van der Waals surface area contributed by atoms with Gasteiger partial charge >= 0.3 is 0 Å². The van der Waals surface area contributed by atoms with Gasteiger partial charge in [0.15, 0.2) is 12.4 Å².